The minimum absolute atomic E-state index is 0.0104. The van der Waals surface area contributed by atoms with Crippen LogP contribution in [-0.4, -0.2) is 26.3 Å². The Morgan fingerprint density at radius 1 is 0.852 bits per heavy atom. The molecule has 1 aliphatic carbocycles. The fraction of sp³-hybridized carbons (Fsp3) is 0.300. The molecule has 0 radical (unpaired) electrons. The Labute approximate surface area is 158 Å². The van der Waals surface area contributed by atoms with Crippen LogP contribution in [0.2, 0.25) is 0 Å². The quantitative estimate of drug-likeness (QED) is 0.793. The summed E-state index contributed by atoms with van der Waals surface area (Å²) in [5.74, 6) is -0.594. The van der Waals surface area contributed by atoms with Crippen LogP contribution in [0.5, 0.6) is 0 Å². The van der Waals surface area contributed by atoms with Crippen LogP contribution in [-0.2, 0) is 10.0 Å². The lowest BCUT2D eigenvalue weighted by atomic mass is 9.82. The normalized spacial score (nSPS) is 22.4. The number of carbonyl (C=O) groups is 2. The van der Waals surface area contributed by atoms with E-state index in [2.05, 4.69) is 22.2 Å². The van der Waals surface area contributed by atoms with E-state index in [1.165, 1.54) is 23.8 Å². The third-order valence-corrected chi connectivity index (χ3v) is 6.86. The molecule has 1 saturated carbocycles. The van der Waals surface area contributed by atoms with Crippen molar-refractivity contribution in [2.24, 2.45) is 0 Å². The third kappa shape index (κ3) is 3.52. The summed E-state index contributed by atoms with van der Waals surface area (Å²) in [5.41, 5.74) is 1.62. The minimum Gasteiger partial charge on any atom is -0.288 e. The summed E-state index contributed by atoms with van der Waals surface area (Å²) >= 11 is 0. The van der Waals surface area contributed by atoms with Crippen molar-refractivity contribution in [2.45, 2.75) is 42.5 Å². The fourth-order valence-corrected chi connectivity index (χ4v) is 5.20. The predicted octanol–water partition coefficient (Wildman–Crippen LogP) is 2.57. The molecular formula is C20H20N2O4S. The number of benzene rings is 2. The molecule has 2 aromatic rings. The van der Waals surface area contributed by atoms with Crippen LogP contribution in [0.15, 0.2) is 53.4 Å². The van der Waals surface area contributed by atoms with Gasteiger partial charge in [0, 0.05) is 6.04 Å². The van der Waals surface area contributed by atoms with E-state index in [4.69, 9.17) is 0 Å². The number of hydrogen-bond acceptors (Lipinski definition) is 4. The van der Waals surface area contributed by atoms with Crippen molar-refractivity contribution in [3.05, 3.63) is 65.2 Å². The Morgan fingerprint density at radius 3 is 2.22 bits per heavy atom. The summed E-state index contributed by atoms with van der Waals surface area (Å²) in [4.78, 5) is 23.4. The van der Waals surface area contributed by atoms with Crippen molar-refractivity contribution in [1.82, 2.24) is 10.0 Å². The molecule has 0 spiro atoms. The molecule has 27 heavy (non-hydrogen) atoms. The van der Waals surface area contributed by atoms with Gasteiger partial charge in [-0.25, -0.2) is 13.1 Å². The molecule has 2 aliphatic rings. The van der Waals surface area contributed by atoms with Gasteiger partial charge < -0.3 is 0 Å². The van der Waals surface area contributed by atoms with E-state index < -0.39 is 21.8 Å². The lowest BCUT2D eigenvalue weighted by Gasteiger charge is -2.29. The van der Waals surface area contributed by atoms with Crippen LogP contribution in [0.4, 0.5) is 0 Å². The van der Waals surface area contributed by atoms with Crippen molar-refractivity contribution in [3.8, 4) is 0 Å². The van der Waals surface area contributed by atoms with Gasteiger partial charge in [-0.3, -0.25) is 14.9 Å². The van der Waals surface area contributed by atoms with Crippen molar-refractivity contribution >= 4 is 21.8 Å². The average molecular weight is 384 g/mol. The van der Waals surface area contributed by atoms with Crippen LogP contribution in [0.25, 0.3) is 0 Å². The zero-order chi connectivity index (χ0) is 19.0. The Kier molecular flexibility index (Phi) is 4.57. The Balaban J connectivity index is 1.45. The highest BCUT2D eigenvalue weighted by Gasteiger charge is 2.30. The van der Waals surface area contributed by atoms with Gasteiger partial charge in [-0.05, 0) is 55.4 Å². The third-order valence-electron chi connectivity index (χ3n) is 5.34. The highest BCUT2D eigenvalue weighted by molar-refractivity contribution is 7.89. The summed E-state index contributed by atoms with van der Waals surface area (Å²) in [6, 6.07) is 14.2. The Morgan fingerprint density at radius 2 is 1.52 bits per heavy atom. The van der Waals surface area contributed by atoms with Gasteiger partial charge in [0.05, 0.1) is 16.0 Å². The lowest BCUT2D eigenvalue weighted by Crippen LogP contribution is -2.37. The van der Waals surface area contributed by atoms with Gasteiger partial charge in [0.2, 0.25) is 10.0 Å². The number of imide groups is 1. The molecule has 2 N–H and O–H groups in total. The van der Waals surface area contributed by atoms with Gasteiger partial charge in [0.25, 0.3) is 11.8 Å². The van der Waals surface area contributed by atoms with Crippen molar-refractivity contribution in [1.29, 1.82) is 0 Å². The standard InChI is InChI=1S/C20H20N2O4S/c23-19-17-11-10-16(12-18(17)20(24)21-19)27(25,26)22-15-8-6-14(7-9-15)13-4-2-1-3-5-13/h1-5,10-12,14-15,22H,6-9H2,(H,21,23,24). The van der Waals surface area contributed by atoms with E-state index in [9.17, 15) is 18.0 Å². The molecule has 2 aromatic carbocycles. The van der Waals surface area contributed by atoms with Crippen molar-refractivity contribution in [3.63, 3.8) is 0 Å². The maximum Gasteiger partial charge on any atom is 0.258 e. The molecule has 0 unspecified atom stereocenters. The summed E-state index contributed by atoms with van der Waals surface area (Å²) < 4.78 is 28.2. The molecule has 0 atom stereocenters. The number of carbonyl (C=O) groups excluding carboxylic acids is 2. The van der Waals surface area contributed by atoms with Gasteiger partial charge in [-0.15, -0.1) is 0 Å². The summed E-state index contributed by atoms with van der Waals surface area (Å²) in [6.07, 6.45) is 3.39. The maximum absolute atomic E-state index is 12.7. The first-order valence-corrected chi connectivity index (χ1v) is 10.5. The zero-order valence-electron chi connectivity index (χ0n) is 14.6. The number of nitrogens with one attached hydrogen (secondary N) is 2. The van der Waals surface area contributed by atoms with Gasteiger partial charge in [-0.1, -0.05) is 30.3 Å². The first-order valence-electron chi connectivity index (χ1n) is 9.01. The van der Waals surface area contributed by atoms with Crippen LogP contribution in [0.1, 0.15) is 57.9 Å². The predicted molar refractivity (Wildman–Crippen MR) is 100.0 cm³/mol. The second kappa shape index (κ2) is 6.90. The second-order valence-electron chi connectivity index (χ2n) is 7.07. The fourth-order valence-electron chi connectivity index (χ4n) is 3.87. The van der Waals surface area contributed by atoms with Crippen LogP contribution >= 0.6 is 0 Å². The Hall–Kier alpha value is -2.51. The van der Waals surface area contributed by atoms with E-state index in [1.807, 2.05) is 18.2 Å². The molecule has 140 valence electrons. The largest absolute Gasteiger partial charge is 0.288 e. The van der Waals surface area contributed by atoms with Crippen molar-refractivity contribution in [2.75, 3.05) is 0 Å². The van der Waals surface area contributed by atoms with Gasteiger partial charge >= 0.3 is 0 Å². The number of amides is 2. The van der Waals surface area contributed by atoms with Crippen molar-refractivity contribution < 1.29 is 18.0 Å². The maximum atomic E-state index is 12.7. The SMILES string of the molecule is O=C1NC(=O)c2cc(S(=O)(=O)NC3CCC(c4ccccc4)CC3)ccc21. The first-order chi connectivity index (χ1) is 12.9. The number of fused-ring (bicyclic) bond motifs is 1. The van der Waals surface area contributed by atoms with E-state index in [1.54, 1.807) is 0 Å². The molecule has 1 aliphatic heterocycles. The van der Waals surface area contributed by atoms with E-state index >= 15 is 0 Å². The topological polar surface area (TPSA) is 92.3 Å². The highest BCUT2D eigenvalue weighted by Crippen LogP contribution is 2.33. The summed E-state index contributed by atoms with van der Waals surface area (Å²) in [5, 5.41) is 2.17. The second-order valence-corrected chi connectivity index (χ2v) is 8.79. The molecule has 1 fully saturated rings. The lowest BCUT2D eigenvalue weighted by molar-refractivity contribution is 0.0879. The van der Waals surface area contributed by atoms with E-state index in [0.29, 0.717) is 5.92 Å². The Bertz CT molecular complexity index is 994. The minimum atomic E-state index is -3.75. The van der Waals surface area contributed by atoms with Gasteiger partial charge in [0.1, 0.15) is 0 Å². The molecule has 4 rings (SSSR count). The molecule has 7 heteroatoms. The zero-order valence-corrected chi connectivity index (χ0v) is 15.5. The number of rotatable bonds is 4. The van der Waals surface area contributed by atoms with Crippen LogP contribution < -0.4 is 10.0 Å². The molecular weight excluding hydrogens is 364 g/mol. The molecule has 0 aromatic heterocycles. The average Bonchev–Trinajstić information content (AvgIpc) is 2.96. The first kappa shape index (κ1) is 17.9. The molecule has 1 heterocycles. The highest BCUT2D eigenvalue weighted by atomic mass is 32.2. The van der Waals surface area contributed by atoms with E-state index in [-0.39, 0.29) is 22.1 Å². The molecule has 0 bridgehead atoms. The van der Waals surface area contributed by atoms with Gasteiger partial charge in [0.15, 0.2) is 0 Å². The number of sulfonamides is 1. The van der Waals surface area contributed by atoms with Crippen LogP contribution in [0.3, 0.4) is 0 Å². The van der Waals surface area contributed by atoms with Crippen LogP contribution in [0, 0.1) is 0 Å². The molecule has 6 nitrogen and oxygen atoms in total. The van der Waals surface area contributed by atoms with Gasteiger partial charge in [-0.2, -0.15) is 0 Å². The summed E-state index contributed by atoms with van der Waals surface area (Å²) in [6.45, 7) is 0. The molecule has 0 saturated heterocycles. The molecule has 2 amide bonds. The monoisotopic (exact) mass is 384 g/mol. The van der Waals surface area contributed by atoms with E-state index in [0.717, 1.165) is 25.7 Å². The smallest absolute Gasteiger partial charge is 0.258 e. The summed E-state index contributed by atoms with van der Waals surface area (Å²) in [7, 11) is -3.75. The number of hydrogen-bond donors (Lipinski definition) is 2.